The van der Waals surface area contributed by atoms with E-state index >= 15 is 0 Å². The topological polar surface area (TPSA) is 122 Å². The maximum absolute atomic E-state index is 10.00. The van der Waals surface area contributed by atoms with Gasteiger partial charge in [-0.2, -0.15) is 5.26 Å². The summed E-state index contributed by atoms with van der Waals surface area (Å²) in [5, 5.41) is 17.5. The molecule has 0 radical (unpaired) electrons. The molecule has 1 fully saturated rings. The summed E-state index contributed by atoms with van der Waals surface area (Å²) in [5.74, 6) is 2.40. The first-order valence-electron chi connectivity index (χ1n) is 12.0. The Morgan fingerprint density at radius 3 is 2.64 bits per heavy atom. The van der Waals surface area contributed by atoms with Crippen molar-refractivity contribution in [3.05, 3.63) is 53.4 Å². The molecule has 0 atom stereocenters. The van der Waals surface area contributed by atoms with Crippen molar-refractivity contribution in [2.24, 2.45) is 5.41 Å². The smallest absolute Gasteiger partial charge is 0.227 e. The molecule has 0 saturated carbocycles. The number of nitrogens with one attached hydrogen (secondary N) is 2. The van der Waals surface area contributed by atoms with Gasteiger partial charge in [0.1, 0.15) is 5.75 Å². The van der Waals surface area contributed by atoms with E-state index in [-0.39, 0.29) is 0 Å². The van der Waals surface area contributed by atoms with Crippen LogP contribution in [-0.2, 0) is 6.42 Å². The van der Waals surface area contributed by atoms with Gasteiger partial charge >= 0.3 is 0 Å². The quantitative estimate of drug-likeness (QED) is 0.398. The van der Waals surface area contributed by atoms with Crippen LogP contribution in [0.15, 0.2) is 34.9 Å². The van der Waals surface area contributed by atoms with Crippen molar-refractivity contribution in [1.29, 1.82) is 5.26 Å². The lowest BCUT2D eigenvalue weighted by Gasteiger charge is -2.31. The van der Waals surface area contributed by atoms with Crippen molar-refractivity contribution in [2.45, 2.75) is 40.0 Å². The third kappa shape index (κ3) is 4.60. The van der Waals surface area contributed by atoms with E-state index in [1.54, 1.807) is 13.3 Å². The zero-order chi connectivity index (χ0) is 25.3. The average Bonchev–Trinajstić information content (AvgIpc) is 3.22. The molecule has 9 heteroatoms. The van der Waals surface area contributed by atoms with E-state index in [0.29, 0.717) is 24.0 Å². The number of ether oxygens (including phenoxy) is 1. The van der Waals surface area contributed by atoms with E-state index in [1.165, 1.54) is 0 Å². The molecular weight excluding hydrogens is 454 g/mol. The van der Waals surface area contributed by atoms with Crippen LogP contribution in [0.5, 0.6) is 5.75 Å². The van der Waals surface area contributed by atoms with Crippen LogP contribution in [0.4, 0.5) is 11.6 Å². The average molecular weight is 484 g/mol. The molecule has 1 saturated heterocycles. The molecule has 36 heavy (non-hydrogen) atoms. The van der Waals surface area contributed by atoms with Gasteiger partial charge in [-0.3, -0.25) is 4.98 Å². The van der Waals surface area contributed by atoms with Crippen molar-refractivity contribution in [3.8, 4) is 23.1 Å². The zero-order valence-corrected chi connectivity index (χ0v) is 21.0. The van der Waals surface area contributed by atoms with Crippen LogP contribution >= 0.6 is 0 Å². The Balaban J connectivity index is 1.49. The van der Waals surface area contributed by atoms with Crippen molar-refractivity contribution in [3.63, 3.8) is 0 Å². The SMILES string of the molecule is COc1cc(-c2oc(C)nc2C)ccc1Nc1ncc2cc(C)nc(CC3(C#N)CCNCC3)c2n1. The molecule has 184 valence electrons. The predicted octanol–water partition coefficient (Wildman–Crippen LogP) is 4.79. The second-order valence-electron chi connectivity index (χ2n) is 9.35. The number of piperidine rings is 1. The van der Waals surface area contributed by atoms with E-state index < -0.39 is 5.41 Å². The van der Waals surface area contributed by atoms with Gasteiger partial charge in [0.05, 0.1) is 41.2 Å². The largest absolute Gasteiger partial charge is 0.495 e. The lowest BCUT2D eigenvalue weighted by molar-refractivity contribution is 0.279. The maximum Gasteiger partial charge on any atom is 0.227 e. The highest BCUT2D eigenvalue weighted by Crippen LogP contribution is 2.36. The second kappa shape index (κ2) is 9.55. The summed E-state index contributed by atoms with van der Waals surface area (Å²) in [4.78, 5) is 18.5. The zero-order valence-electron chi connectivity index (χ0n) is 21.0. The van der Waals surface area contributed by atoms with Crippen molar-refractivity contribution in [2.75, 3.05) is 25.5 Å². The molecule has 3 aromatic heterocycles. The highest BCUT2D eigenvalue weighted by Gasteiger charge is 2.33. The Labute approximate surface area is 210 Å². The molecule has 5 rings (SSSR count). The minimum Gasteiger partial charge on any atom is -0.495 e. The van der Waals surface area contributed by atoms with Crippen LogP contribution in [0.2, 0.25) is 0 Å². The van der Waals surface area contributed by atoms with Gasteiger partial charge in [-0.15, -0.1) is 0 Å². The normalized spacial score (nSPS) is 15.0. The number of nitriles is 1. The number of anilines is 2. The fraction of sp³-hybridized carbons (Fsp3) is 0.370. The number of oxazole rings is 1. The van der Waals surface area contributed by atoms with Crippen LogP contribution in [0.1, 0.15) is 35.8 Å². The number of rotatable bonds is 6. The van der Waals surface area contributed by atoms with E-state index in [4.69, 9.17) is 19.1 Å². The highest BCUT2D eigenvalue weighted by atomic mass is 16.5. The molecular formula is C27H29N7O2. The standard InChI is InChI=1S/C27H29N7O2/c1-16-11-20-14-30-26(34-24(20)22(31-16)13-27(15-28)7-9-29-10-8-27)33-21-6-5-19(12-23(21)35-4)25-17(2)32-18(3)36-25/h5-6,11-12,14,29H,7-10,13H2,1-4H3,(H,30,33,34). The Morgan fingerprint density at radius 1 is 1.14 bits per heavy atom. The minimum atomic E-state index is -0.437. The van der Waals surface area contributed by atoms with E-state index in [9.17, 15) is 5.26 Å². The summed E-state index contributed by atoms with van der Waals surface area (Å²) < 4.78 is 11.4. The molecule has 4 aromatic rings. The van der Waals surface area contributed by atoms with Crippen molar-refractivity contribution in [1.82, 2.24) is 25.3 Å². The molecule has 2 N–H and O–H groups in total. The Kier molecular flexibility index (Phi) is 6.29. The Hall–Kier alpha value is -4.03. The molecule has 4 heterocycles. The first kappa shape index (κ1) is 23.7. The van der Waals surface area contributed by atoms with E-state index in [0.717, 1.165) is 70.9 Å². The van der Waals surface area contributed by atoms with Gasteiger partial charge in [-0.25, -0.2) is 15.0 Å². The molecule has 0 unspecified atom stereocenters. The molecule has 0 amide bonds. The fourth-order valence-corrected chi connectivity index (χ4v) is 4.84. The summed E-state index contributed by atoms with van der Waals surface area (Å²) in [6.07, 6.45) is 3.95. The summed E-state index contributed by atoms with van der Waals surface area (Å²) in [7, 11) is 1.62. The lowest BCUT2D eigenvalue weighted by atomic mass is 9.76. The molecule has 1 aliphatic heterocycles. The predicted molar refractivity (Wildman–Crippen MR) is 137 cm³/mol. The number of nitrogens with zero attached hydrogens (tertiary/aromatic N) is 5. The first-order chi connectivity index (χ1) is 17.4. The van der Waals surface area contributed by atoms with Crippen LogP contribution in [0, 0.1) is 37.5 Å². The molecule has 9 nitrogen and oxygen atoms in total. The van der Waals surface area contributed by atoms with Gasteiger partial charge in [0.25, 0.3) is 0 Å². The third-order valence-electron chi connectivity index (χ3n) is 6.68. The number of hydrogen-bond acceptors (Lipinski definition) is 9. The Bertz CT molecular complexity index is 1470. The van der Waals surface area contributed by atoms with E-state index in [1.807, 2.05) is 45.0 Å². The van der Waals surface area contributed by atoms with Gasteiger partial charge in [-0.1, -0.05) is 0 Å². The molecule has 1 aromatic carbocycles. The molecule has 0 spiro atoms. The van der Waals surface area contributed by atoms with Crippen LogP contribution in [0.25, 0.3) is 22.2 Å². The summed E-state index contributed by atoms with van der Waals surface area (Å²) in [6.45, 7) is 7.38. The lowest BCUT2D eigenvalue weighted by Crippen LogP contribution is -2.37. The van der Waals surface area contributed by atoms with Gasteiger partial charge in [0.2, 0.25) is 5.95 Å². The summed E-state index contributed by atoms with van der Waals surface area (Å²) in [6, 6.07) is 10.3. The van der Waals surface area contributed by atoms with Crippen LogP contribution < -0.4 is 15.4 Å². The first-order valence-corrected chi connectivity index (χ1v) is 12.0. The molecule has 0 bridgehead atoms. The van der Waals surface area contributed by atoms with Crippen LogP contribution in [-0.4, -0.2) is 40.1 Å². The number of hydrogen-bond donors (Lipinski definition) is 2. The van der Waals surface area contributed by atoms with Gasteiger partial charge in [0, 0.05) is 36.2 Å². The molecule has 0 aliphatic carbocycles. The number of aryl methyl sites for hydroxylation is 3. The third-order valence-corrected chi connectivity index (χ3v) is 6.68. The molecule has 1 aliphatic rings. The number of methoxy groups -OCH3 is 1. The van der Waals surface area contributed by atoms with Crippen LogP contribution in [0.3, 0.4) is 0 Å². The fourth-order valence-electron chi connectivity index (χ4n) is 4.84. The summed E-state index contributed by atoms with van der Waals surface area (Å²) in [5.41, 5.74) is 4.47. The van der Waals surface area contributed by atoms with E-state index in [2.05, 4.69) is 26.7 Å². The van der Waals surface area contributed by atoms with Crippen molar-refractivity contribution >= 4 is 22.5 Å². The number of aromatic nitrogens is 4. The van der Waals surface area contributed by atoms with Gasteiger partial charge in [-0.05, 0) is 64.0 Å². The Morgan fingerprint density at radius 2 is 1.94 bits per heavy atom. The van der Waals surface area contributed by atoms with Gasteiger partial charge in [0.15, 0.2) is 11.7 Å². The monoisotopic (exact) mass is 483 g/mol. The summed E-state index contributed by atoms with van der Waals surface area (Å²) >= 11 is 0. The number of benzene rings is 1. The van der Waals surface area contributed by atoms with Gasteiger partial charge < -0.3 is 19.8 Å². The van der Waals surface area contributed by atoms with Crippen molar-refractivity contribution < 1.29 is 9.15 Å². The highest BCUT2D eigenvalue weighted by molar-refractivity contribution is 5.82. The second-order valence-corrected chi connectivity index (χ2v) is 9.35. The number of fused-ring (bicyclic) bond motifs is 1. The number of pyridine rings is 1. The maximum atomic E-state index is 10.00. The minimum absolute atomic E-state index is 0.434.